The van der Waals surface area contributed by atoms with Crippen LogP contribution in [0.2, 0.25) is 0 Å². The molecule has 0 aromatic heterocycles. The predicted octanol–water partition coefficient (Wildman–Crippen LogP) is 6.76. The molecule has 0 radical (unpaired) electrons. The molecular formula is C27H29FO3. The molecule has 162 valence electrons. The zero-order chi connectivity index (χ0) is 22.2. The summed E-state index contributed by atoms with van der Waals surface area (Å²) in [5.41, 5.74) is 4.85. The molecule has 0 saturated heterocycles. The van der Waals surface area contributed by atoms with E-state index in [2.05, 4.69) is 55.5 Å². The van der Waals surface area contributed by atoms with Crippen LogP contribution >= 0.6 is 0 Å². The molecule has 0 aliphatic rings. The van der Waals surface area contributed by atoms with E-state index < -0.39 is 11.6 Å². The SMILES string of the molecule is CCCc1ccc(-c2ccc(CCCC(=O)c3ccc(OCC)c(F)c3O)cc2)cc1. The van der Waals surface area contributed by atoms with Gasteiger partial charge in [-0.1, -0.05) is 61.9 Å². The molecule has 0 heterocycles. The van der Waals surface area contributed by atoms with Gasteiger partial charge in [-0.15, -0.1) is 0 Å². The minimum Gasteiger partial charge on any atom is -0.504 e. The Morgan fingerprint density at radius 3 is 2.00 bits per heavy atom. The Labute approximate surface area is 183 Å². The molecule has 0 atom stereocenters. The summed E-state index contributed by atoms with van der Waals surface area (Å²) in [5, 5.41) is 10.0. The zero-order valence-electron chi connectivity index (χ0n) is 18.2. The van der Waals surface area contributed by atoms with Gasteiger partial charge in [-0.05, 0) is 60.6 Å². The molecule has 0 fully saturated rings. The maximum Gasteiger partial charge on any atom is 0.207 e. The summed E-state index contributed by atoms with van der Waals surface area (Å²) in [6.07, 6.45) is 3.84. The van der Waals surface area contributed by atoms with Gasteiger partial charge in [0.25, 0.3) is 0 Å². The van der Waals surface area contributed by atoms with Crippen molar-refractivity contribution in [3.05, 3.63) is 83.2 Å². The highest BCUT2D eigenvalue weighted by Gasteiger charge is 2.18. The van der Waals surface area contributed by atoms with Crippen LogP contribution in [0.1, 0.15) is 54.6 Å². The van der Waals surface area contributed by atoms with Crippen molar-refractivity contribution >= 4 is 5.78 Å². The number of aromatic hydroxyl groups is 1. The van der Waals surface area contributed by atoms with Crippen molar-refractivity contribution in [2.45, 2.75) is 46.0 Å². The monoisotopic (exact) mass is 420 g/mol. The van der Waals surface area contributed by atoms with Crippen molar-refractivity contribution in [3.8, 4) is 22.6 Å². The molecule has 3 rings (SSSR count). The first kappa shape index (κ1) is 22.5. The van der Waals surface area contributed by atoms with Gasteiger partial charge in [0.2, 0.25) is 5.82 Å². The van der Waals surface area contributed by atoms with E-state index in [1.807, 2.05) is 0 Å². The van der Waals surface area contributed by atoms with Crippen molar-refractivity contribution in [2.75, 3.05) is 6.61 Å². The van der Waals surface area contributed by atoms with Crippen molar-refractivity contribution in [3.63, 3.8) is 0 Å². The van der Waals surface area contributed by atoms with Gasteiger partial charge < -0.3 is 9.84 Å². The van der Waals surface area contributed by atoms with Gasteiger partial charge in [0.15, 0.2) is 17.3 Å². The number of hydrogen-bond acceptors (Lipinski definition) is 3. The van der Waals surface area contributed by atoms with Gasteiger partial charge in [0, 0.05) is 6.42 Å². The molecule has 1 N–H and O–H groups in total. The van der Waals surface area contributed by atoms with Gasteiger partial charge in [-0.3, -0.25) is 4.79 Å². The van der Waals surface area contributed by atoms with Crippen LogP contribution in [0.25, 0.3) is 11.1 Å². The van der Waals surface area contributed by atoms with Gasteiger partial charge in [0.05, 0.1) is 12.2 Å². The van der Waals surface area contributed by atoms with E-state index in [0.717, 1.165) is 30.4 Å². The Bertz CT molecular complexity index is 1010. The molecule has 3 nitrogen and oxygen atoms in total. The highest BCUT2D eigenvalue weighted by molar-refractivity contribution is 5.98. The molecule has 31 heavy (non-hydrogen) atoms. The number of benzene rings is 3. The lowest BCUT2D eigenvalue weighted by molar-refractivity contribution is 0.0976. The number of ether oxygens (including phenoxy) is 1. The van der Waals surface area contributed by atoms with Crippen LogP contribution in [0, 0.1) is 5.82 Å². The number of phenols is 1. The number of halogens is 1. The van der Waals surface area contributed by atoms with E-state index in [4.69, 9.17) is 4.74 Å². The second kappa shape index (κ2) is 10.8. The Morgan fingerprint density at radius 2 is 1.45 bits per heavy atom. The van der Waals surface area contributed by atoms with E-state index in [1.165, 1.54) is 23.3 Å². The second-order valence-corrected chi connectivity index (χ2v) is 7.63. The molecule has 0 unspecified atom stereocenters. The van der Waals surface area contributed by atoms with Crippen LogP contribution in [-0.2, 0) is 12.8 Å². The van der Waals surface area contributed by atoms with Crippen molar-refractivity contribution in [1.82, 2.24) is 0 Å². The molecule has 4 heteroatoms. The van der Waals surface area contributed by atoms with Crippen LogP contribution in [0.5, 0.6) is 11.5 Å². The van der Waals surface area contributed by atoms with Crippen molar-refractivity contribution < 1.29 is 19.0 Å². The molecule has 0 amide bonds. The number of Topliss-reactive ketones (excluding diaryl/α,β-unsaturated/α-hetero) is 1. The second-order valence-electron chi connectivity index (χ2n) is 7.63. The Morgan fingerprint density at radius 1 is 0.871 bits per heavy atom. The first-order valence-corrected chi connectivity index (χ1v) is 10.9. The molecule has 0 spiro atoms. The smallest absolute Gasteiger partial charge is 0.207 e. The highest BCUT2D eigenvalue weighted by Crippen LogP contribution is 2.30. The van der Waals surface area contributed by atoms with Gasteiger partial charge in [-0.2, -0.15) is 4.39 Å². The number of aryl methyl sites for hydroxylation is 2. The molecule has 3 aromatic rings. The predicted molar refractivity (Wildman–Crippen MR) is 122 cm³/mol. The third-order valence-electron chi connectivity index (χ3n) is 5.33. The molecule has 0 aliphatic heterocycles. The Balaban J connectivity index is 1.56. The summed E-state index contributed by atoms with van der Waals surface area (Å²) < 4.78 is 19.2. The molecular weight excluding hydrogens is 391 g/mol. The largest absolute Gasteiger partial charge is 0.504 e. The lowest BCUT2D eigenvalue weighted by atomic mass is 9.98. The Kier molecular flexibility index (Phi) is 7.82. The standard InChI is InChI=1S/C27H29FO3/c1-3-6-19-9-13-21(14-10-19)22-15-11-20(12-16-22)7-5-8-24(29)23-17-18-25(31-4-2)26(28)27(23)30/h9-18,30H,3-8H2,1-2H3. The van der Waals surface area contributed by atoms with Crippen LogP contribution in [0.3, 0.4) is 0 Å². The minimum atomic E-state index is -0.883. The summed E-state index contributed by atoms with van der Waals surface area (Å²) in [5.74, 6) is -1.84. The maximum absolute atomic E-state index is 14.1. The maximum atomic E-state index is 14.1. The lowest BCUT2D eigenvalue weighted by Crippen LogP contribution is -2.03. The average molecular weight is 421 g/mol. The first-order chi connectivity index (χ1) is 15.0. The summed E-state index contributed by atoms with van der Waals surface area (Å²) in [6.45, 7) is 4.19. The fourth-order valence-corrected chi connectivity index (χ4v) is 3.64. The molecule has 0 aliphatic carbocycles. The van der Waals surface area contributed by atoms with Gasteiger partial charge >= 0.3 is 0 Å². The summed E-state index contributed by atoms with van der Waals surface area (Å²) in [6, 6.07) is 19.8. The van der Waals surface area contributed by atoms with Crippen LogP contribution in [0.15, 0.2) is 60.7 Å². The van der Waals surface area contributed by atoms with E-state index in [0.29, 0.717) is 6.42 Å². The van der Waals surface area contributed by atoms with Crippen LogP contribution < -0.4 is 4.74 Å². The van der Waals surface area contributed by atoms with E-state index in [-0.39, 0.29) is 30.1 Å². The highest BCUT2D eigenvalue weighted by atomic mass is 19.1. The number of ketones is 1. The van der Waals surface area contributed by atoms with Crippen LogP contribution in [0.4, 0.5) is 4.39 Å². The number of carbonyl (C=O) groups is 1. The quantitative estimate of drug-likeness (QED) is 0.369. The number of phenolic OH excluding ortho intramolecular Hbond substituents is 1. The summed E-state index contributed by atoms with van der Waals surface area (Å²) >= 11 is 0. The fraction of sp³-hybridized carbons (Fsp3) is 0.296. The lowest BCUT2D eigenvalue weighted by Gasteiger charge is -2.09. The molecule has 3 aromatic carbocycles. The number of carbonyl (C=O) groups excluding carboxylic acids is 1. The number of rotatable bonds is 10. The van der Waals surface area contributed by atoms with Crippen molar-refractivity contribution in [1.29, 1.82) is 0 Å². The fourth-order valence-electron chi connectivity index (χ4n) is 3.64. The first-order valence-electron chi connectivity index (χ1n) is 10.9. The van der Waals surface area contributed by atoms with Crippen molar-refractivity contribution in [2.24, 2.45) is 0 Å². The van der Waals surface area contributed by atoms with Crippen LogP contribution in [-0.4, -0.2) is 17.5 Å². The van der Waals surface area contributed by atoms with E-state index >= 15 is 0 Å². The molecule has 0 saturated carbocycles. The summed E-state index contributed by atoms with van der Waals surface area (Å²) in [7, 11) is 0. The third kappa shape index (κ3) is 5.72. The topological polar surface area (TPSA) is 46.5 Å². The average Bonchev–Trinajstić information content (AvgIpc) is 2.78. The van der Waals surface area contributed by atoms with E-state index in [1.54, 1.807) is 6.92 Å². The Hall–Kier alpha value is -3.14. The normalized spacial score (nSPS) is 10.8. The van der Waals surface area contributed by atoms with Gasteiger partial charge in [0.1, 0.15) is 0 Å². The van der Waals surface area contributed by atoms with E-state index in [9.17, 15) is 14.3 Å². The summed E-state index contributed by atoms with van der Waals surface area (Å²) in [4.78, 5) is 12.4. The zero-order valence-corrected chi connectivity index (χ0v) is 18.2. The molecule has 0 bridgehead atoms. The minimum absolute atomic E-state index is 0.00261. The number of hydrogen-bond donors (Lipinski definition) is 1. The third-order valence-corrected chi connectivity index (χ3v) is 5.33. The van der Waals surface area contributed by atoms with Gasteiger partial charge in [-0.25, -0.2) is 0 Å².